The standard InChI is InChI=1S/C14H9F3IN3O/c1-5-20-13-10(17)9(16)12(11(19)14(13)22-5)21-8-3-2-6(18)4-7(8)15/h2-4,21H,19H2,1H3. The Bertz CT molecular complexity index is 895. The Balaban J connectivity index is 2.18. The highest BCUT2D eigenvalue weighted by Crippen LogP contribution is 2.37. The first kappa shape index (κ1) is 14.9. The van der Waals surface area contributed by atoms with Crippen molar-refractivity contribution in [2.24, 2.45) is 0 Å². The van der Waals surface area contributed by atoms with E-state index in [2.05, 4.69) is 10.3 Å². The maximum absolute atomic E-state index is 14.2. The van der Waals surface area contributed by atoms with Crippen molar-refractivity contribution in [3.63, 3.8) is 0 Å². The van der Waals surface area contributed by atoms with Crippen LogP contribution in [0.15, 0.2) is 22.6 Å². The van der Waals surface area contributed by atoms with Crippen molar-refractivity contribution in [3.8, 4) is 0 Å². The van der Waals surface area contributed by atoms with E-state index in [4.69, 9.17) is 10.2 Å². The molecule has 0 amide bonds. The molecule has 0 aliphatic heterocycles. The van der Waals surface area contributed by atoms with Gasteiger partial charge in [-0.05, 0) is 40.8 Å². The second kappa shape index (κ2) is 5.34. The predicted molar refractivity (Wildman–Crippen MR) is 85.5 cm³/mol. The lowest BCUT2D eigenvalue weighted by atomic mass is 10.2. The Labute approximate surface area is 136 Å². The van der Waals surface area contributed by atoms with Gasteiger partial charge in [0.1, 0.15) is 17.2 Å². The topological polar surface area (TPSA) is 64.1 Å². The first-order chi connectivity index (χ1) is 10.4. The highest BCUT2D eigenvalue weighted by atomic mass is 127. The number of fused-ring (bicyclic) bond motifs is 1. The summed E-state index contributed by atoms with van der Waals surface area (Å²) in [7, 11) is 0. The zero-order valence-corrected chi connectivity index (χ0v) is 13.3. The summed E-state index contributed by atoms with van der Waals surface area (Å²) in [5.41, 5.74) is 4.85. The molecule has 22 heavy (non-hydrogen) atoms. The molecule has 2 aromatic carbocycles. The van der Waals surface area contributed by atoms with E-state index in [1.165, 1.54) is 19.1 Å². The van der Waals surface area contributed by atoms with Crippen LogP contribution in [-0.4, -0.2) is 4.98 Å². The average Bonchev–Trinajstić information content (AvgIpc) is 2.85. The number of nitrogens with zero attached hydrogens (tertiary/aromatic N) is 1. The minimum absolute atomic E-state index is 0.0268. The Morgan fingerprint density at radius 3 is 2.64 bits per heavy atom. The molecule has 3 rings (SSSR count). The van der Waals surface area contributed by atoms with Gasteiger partial charge in [0.15, 0.2) is 28.6 Å². The maximum Gasteiger partial charge on any atom is 0.192 e. The minimum atomic E-state index is -1.24. The first-order valence-electron chi connectivity index (χ1n) is 6.14. The molecule has 0 fully saturated rings. The molecule has 1 aromatic heterocycles. The molecule has 3 aromatic rings. The van der Waals surface area contributed by atoms with Crippen molar-refractivity contribution in [2.45, 2.75) is 6.92 Å². The number of hydrogen-bond acceptors (Lipinski definition) is 4. The number of nitrogens with two attached hydrogens (primary N) is 1. The number of anilines is 3. The molecule has 4 nitrogen and oxygen atoms in total. The van der Waals surface area contributed by atoms with E-state index in [1.807, 2.05) is 22.6 Å². The highest BCUT2D eigenvalue weighted by Gasteiger charge is 2.23. The van der Waals surface area contributed by atoms with Crippen LogP contribution in [0, 0.1) is 27.9 Å². The molecule has 1 heterocycles. The van der Waals surface area contributed by atoms with Crippen molar-refractivity contribution < 1.29 is 17.6 Å². The quantitative estimate of drug-likeness (QED) is 0.475. The molecule has 0 spiro atoms. The summed E-state index contributed by atoms with van der Waals surface area (Å²) in [6, 6.07) is 4.28. The lowest BCUT2D eigenvalue weighted by molar-refractivity contribution is 0.518. The van der Waals surface area contributed by atoms with Gasteiger partial charge in [-0.25, -0.2) is 18.2 Å². The number of benzene rings is 2. The van der Waals surface area contributed by atoms with Gasteiger partial charge in [-0.2, -0.15) is 0 Å². The second-order valence-corrected chi connectivity index (χ2v) is 5.82. The van der Waals surface area contributed by atoms with Gasteiger partial charge in [-0.1, -0.05) is 0 Å². The van der Waals surface area contributed by atoms with Gasteiger partial charge in [-0.15, -0.1) is 0 Å². The number of aromatic nitrogens is 1. The molecule has 3 N–H and O–H groups in total. The molecule has 8 heteroatoms. The van der Waals surface area contributed by atoms with Gasteiger partial charge in [0.2, 0.25) is 0 Å². The van der Waals surface area contributed by atoms with E-state index in [9.17, 15) is 13.2 Å². The number of aryl methyl sites for hydroxylation is 1. The molecule has 0 unspecified atom stereocenters. The summed E-state index contributed by atoms with van der Waals surface area (Å²) in [5, 5.41) is 2.47. The highest BCUT2D eigenvalue weighted by molar-refractivity contribution is 14.1. The predicted octanol–water partition coefficient (Wildman–Crippen LogP) is 4.48. The monoisotopic (exact) mass is 419 g/mol. The number of oxazole rings is 1. The van der Waals surface area contributed by atoms with Gasteiger partial charge >= 0.3 is 0 Å². The fourth-order valence-corrected chi connectivity index (χ4v) is 2.50. The van der Waals surface area contributed by atoms with Crippen molar-refractivity contribution in [1.29, 1.82) is 0 Å². The Kier molecular flexibility index (Phi) is 3.63. The number of nitrogen functional groups attached to an aromatic ring is 1. The molecule has 0 saturated heterocycles. The minimum Gasteiger partial charge on any atom is -0.439 e. The largest absolute Gasteiger partial charge is 0.439 e. The molecule has 0 radical (unpaired) electrons. The van der Waals surface area contributed by atoms with Crippen LogP contribution in [0.5, 0.6) is 0 Å². The van der Waals surface area contributed by atoms with Crippen LogP contribution in [0.4, 0.5) is 30.2 Å². The van der Waals surface area contributed by atoms with Crippen LogP contribution in [0.1, 0.15) is 5.89 Å². The van der Waals surface area contributed by atoms with Crippen LogP contribution in [0.2, 0.25) is 0 Å². The number of hydrogen-bond donors (Lipinski definition) is 2. The fraction of sp³-hybridized carbons (Fsp3) is 0.0714. The Hall–Kier alpha value is -1.97. The summed E-state index contributed by atoms with van der Waals surface area (Å²) in [6.07, 6.45) is 0. The zero-order chi connectivity index (χ0) is 16.0. The third-order valence-electron chi connectivity index (χ3n) is 3.06. The van der Waals surface area contributed by atoms with Crippen molar-refractivity contribution in [1.82, 2.24) is 4.98 Å². The van der Waals surface area contributed by atoms with Crippen LogP contribution < -0.4 is 11.1 Å². The summed E-state index contributed by atoms with van der Waals surface area (Å²) in [4.78, 5) is 3.75. The lowest BCUT2D eigenvalue weighted by Crippen LogP contribution is -2.04. The van der Waals surface area contributed by atoms with Crippen molar-refractivity contribution >= 4 is 50.8 Å². The third kappa shape index (κ3) is 2.36. The Morgan fingerprint density at radius 1 is 1.23 bits per heavy atom. The molecule has 0 aliphatic carbocycles. The van der Waals surface area contributed by atoms with E-state index in [0.29, 0.717) is 3.57 Å². The van der Waals surface area contributed by atoms with E-state index >= 15 is 0 Å². The molecule has 0 saturated carbocycles. The van der Waals surface area contributed by atoms with E-state index in [-0.39, 0.29) is 34.1 Å². The van der Waals surface area contributed by atoms with Gasteiger partial charge in [0, 0.05) is 10.5 Å². The molecule has 0 aliphatic rings. The molecule has 0 atom stereocenters. The van der Waals surface area contributed by atoms with E-state index in [1.54, 1.807) is 6.07 Å². The molecule has 0 bridgehead atoms. The fourth-order valence-electron chi connectivity index (χ4n) is 2.05. The Morgan fingerprint density at radius 2 is 1.95 bits per heavy atom. The molecule has 114 valence electrons. The van der Waals surface area contributed by atoms with Crippen LogP contribution >= 0.6 is 22.6 Å². The second-order valence-electron chi connectivity index (χ2n) is 4.58. The molecular weight excluding hydrogens is 410 g/mol. The third-order valence-corrected chi connectivity index (χ3v) is 3.73. The van der Waals surface area contributed by atoms with E-state index in [0.717, 1.165) is 0 Å². The summed E-state index contributed by atoms with van der Waals surface area (Å²) in [6.45, 7) is 1.49. The van der Waals surface area contributed by atoms with Crippen molar-refractivity contribution in [2.75, 3.05) is 11.1 Å². The van der Waals surface area contributed by atoms with Gasteiger partial charge in [-0.3, -0.25) is 0 Å². The van der Waals surface area contributed by atoms with Crippen LogP contribution in [0.25, 0.3) is 11.1 Å². The van der Waals surface area contributed by atoms with Crippen LogP contribution in [0.3, 0.4) is 0 Å². The van der Waals surface area contributed by atoms with Gasteiger partial charge < -0.3 is 15.5 Å². The number of rotatable bonds is 2. The maximum atomic E-state index is 14.2. The van der Waals surface area contributed by atoms with Crippen LogP contribution in [-0.2, 0) is 0 Å². The average molecular weight is 419 g/mol. The molecular formula is C14H9F3IN3O. The normalized spacial score (nSPS) is 11.1. The lowest BCUT2D eigenvalue weighted by Gasteiger charge is -2.12. The van der Waals surface area contributed by atoms with Crippen molar-refractivity contribution in [3.05, 3.63) is 45.1 Å². The zero-order valence-electron chi connectivity index (χ0n) is 11.2. The first-order valence-corrected chi connectivity index (χ1v) is 7.22. The number of halogens is 4. The SMILES string of the molecule is Cc1nc2c(F)c(F)c(Nc3ccc(I)cc3F)c(N)c2o1. The van der Waals surface area contributed by atoms with Gasteiger partial charge in [0.25, 0.3) is 0 Å². The number of nitrogens with one attached hydrogen (secondary N) is 1. The smallest absolute Gasteiger partial charge is 0.192 e. The van der Waals surface area contributed by atoms with Gasteiger partial charge in [0.05, 0.1) is 5.69 Å². The summed E-state index contributed by atoms with van der Waals surface area (Å²) in [5.74, 6) is -2.90. The van der Waals surface area contributed by atoms with E-state index < -0.39 is 17.5 Å². The summed E-state index contributed by atoms with van der Waals surface area (Å²) >= 11 is 1.94. The summed E-state index contributed by atoms with van der Waals surface area (Å²) < 4.78 is 47.9.